The van der Waals surface area contributed by atoms with E-state index >= 15 is 0 Å². The van der Waals surface area contributed by atoms with Crippen LogP contribution in [0.4, 0.5) is 5.82 Å². The normalized spacial score (nSPS) is 16.2. The summed E-state index contributed by atoms with van der Waals surface area (Å²) in [6.45, 7) is 1.37. The highest BCUT2D eigenvalue weighted by atomic mass is 32.2. The number of carbonyl (C=O) groups excluding carboxylic acids is 1. The first-order valence-corrected chi connectivity index (χ1v) is 6.99. The molecule has 0 radical (unpaired) electrons. The number of amides is 1. The fourth-order valence-corrected chi connectivity index (χ4v) is 2.46. The van der Waals surface area contributed by atoms with Crippen LogP contribution < -0.4 is 16.6 Å². The van der Waals surface area contributed by atoms with Gasteiger partial charge in [-0.15, -0.1) is 0 Å². The van der Waals surface area contributed by atoms with Crippen LogP contribution in [0.25, 0.3) is 0 Å². The van der Waals surface area contributed by atoms with Crippen LogP contribution in [-0.4, -0.2) is 40.9 Å². The van der Waals surface area contributed by atoms with Gasteiger partial charge < -0.3 is 20.8 Å². The molecule has 1 aromatic rings. The Balaban J connectivity index is 1.80. The lowest BCUT2D eigenvalue weighted by Crippen LogP contribution is -2.39. The van der Waals surface area contributed by atoms with Gasteiger partial charge in [0.15, 0.2) is 5.16 Å². The summed E-state index contributed by atoms with van der Waals surface area (Å²) < 4.78 is 5.22. The molecule has 0 atom stereocenters. The van der Waals surface area contributed by atoms with Crippen molar-refractivity contribution in [3.63, 3.8) is 0 Å². The molecule has 1 fully saturated rings. The molecule has 0 saturated carbocycles. The molecule has 19 heavy (non-hydrogen) atoms. The monoisotopic (exact) mass is 284 g/mol. The molecule has 4 N–H and O–H groups in total. The van der Waals surface area contributed by atoms with Crippen molar-refractivity contribution in [2.75, 3.05) is 24.7 Å². The topological polar surface area (TPSA) is 110 Å². The molecule has 1 amide bonds. The average Bonchev–Trinajstić information content (AvgIpc) is 2.36. The zero-order chi connectivity index (χ0) is 13.7. The number of nitrogens with two attached hydrogens (primary N) is 1. The quantitative estimate of drug-likeness (QED) is 0.519. The summed E-state index contributed by atoms with van der Waals surface area (Å²) in [4.78, 5) is 29.4. The van der Waals surface area contributed by atoms with E-state index < -0.39 is 0 Å². The number of H-pyrrole nitrogens is 1. The van der Waals surface area contributed by atoms with Gasteiger partial charge in [0.25, 0.3) is 5.56 Å². The zero-order valence-corrected chi connectivity index (χ0v) is 11.2. The standard InChI is InChI=1S/C11H16N4O3S/c12-8-5-9(16)15-11(14-8)19-6-10(17)13-7-1-3-18-4-2-7/h5,7H,1-4,6H2,(H,13,17)(H3,12,14,15,16). The summed E-state index contributed by atoms with van der Waals surface area (Å²) in [5.74, 6) is 0.266. The summed E-state index contributed by atoms with van der Waals surface area (Å²) in [6.07, 6.45) is 1.67. The number of aromatic amines is 1. The van der Waals surface area contributed by atoms with Gasteiger partial charge in [0.1, 0.15) is 5.82 Å². The van der Waals surface area contributed by atoms with Crippen molar-refractivity contribution in [3.05, 3.63) is 16.4 Å². The minimum atomic E-state index is -0.320. The minimum absolute atomic E-state index is 0.0815. The summed E-state index contributed by atoms with van der Waals surface area (Å²) in [6, 6.07) is 1.38. The van der Waals surface area contributed by atoms with Crippen LogP contribution in [0.2, 0.25) is 0 Å². The fourth-order valence-electron chi connectivity index (χ4n) is 1.77. The molecule has 2 rings (SSSR count). The maximum absolute atomic E-state index is 11.7. The lowest BCUT2D eigenvalue weighted by atomic mass is 10.1. The van der Waals surface area contributed by atoms with E-state index in [0.29, 0.717) is 18.4 Å². The molecule has 1 aromatic heterocycles. The zero-order valence-electron chi connectivity index (χ0n) is 10.3. The molecule has 7 nitrogen and oxygen atoms in total. The van der Waals surface area contributed by atoms with E-state index in [0.717, 1.165) is 24.6 Å². The summed E-state index contributed by atoms with van der Waals surface area (Å²) >= 11 is 1.16. The molecule has 0 bridgehead atoms. The Morgan fingerprint density at radius 3 is 3.00 bits per heavy atom. The molecule has 8 heteroatoms. The Labute approximate surface area is 114 Å². The van der Waals surface area contributed by atoms with Crippen molar-refractivity contribution in [2.24, 2.45) is 0 Å². The number of hydrogen-bond donors (Lipinski definition) is 3. The molecule has 0 spiro atoms. The number of rotatable bonds is 4. The number of hydrogen-bond acceptors (Lipinski definition) is 6. The molecule has 1 saturated heterocycles. The van der Waals surface area contributed by atoms with Crippen LogP contribution in [0.1, 0.15) is 12.8 Å². The Morgan fingerprint density at radius 1 is 1.58 bits per heavy atom. The first-order chi connectivity index (χ1) is 9.13. The van der Waals surface area contributed by atoms with Crippen molar-refractivity contribution >= 4 is 23.5 Å². The first-order valence-electron chi connectivity index (χ1n) is 6.00. The van der Waals surface area contributed by atoms with Crippen LogP contribution in [0, 0.1) is 0 Å². The molecule has 1 aliphatic heterocycles. The number of nitrogens with one attached hydrogen (secondary N) is 2. The number of anilines is 1. The molecule has 0 unspecified atom stereocenters. The number of nitrogen functional groups attached to an aromatic ring is 1. The van der Waals surface area contributed by atoms with E-state index in [1.54, 1.807) is 0 Å². The van der Waals surface area contributed by atoms with Crippen molar-refractivity contribution < 1.29 is 9.53 Å². The SMILES string of the molecule is Nc1cc(=O)[nH]c(SCC(=O)NC2CCOCC2)n1. The van der Waals surface area contributed by atoms with Gasteiger partial charge in [-0.3, -0.25) is 9.59 Å². The van der Waals surface area contributed by atoms with Crippen LogP contribution in [0.3, 0.4) is 0 Å². The summed E-state index contributed by atoms with van der Waals surface area (Å²) in [7, 11) is 0. The van der Waals surface area contributed by atoms with E-state index in [1.807, 2.05) is 0 Å². The van der Waals surface area contributed by atoms with Crippen LogP contribution in [-0.2, 0) is 9.53 Å². The smallest absolute Gasteiger partial charge is 0.253 e. The Morgan fingerprint density at radius 2 is 2.32 bits per heavy atom. The average molecular weight is 284 g/mol. The third-order valence-electron chi connectivity index (χ3n) is 2.67. The second-order valence-corrected chi connectivity index (χ2v) is 5.18. The van der Waals surface area contributed by atoms with E-state index in [4.69, 9.17) is 10.5 Å². The maximum Gasteiger partial charge on any atom is 0.253 e. The predicted molar refractivity (Wildman–Crippen MR) is 72.0 cm³/mol. The van der Waals surface area contributed by atoms with E-state index in [2.05, 4.69) is 15.3 Å². The molecular weight excluding hydrogens is 268 g/mol. The van der Waals surface area contributed by atoms with E-state index in [9.17, 15) is 9.59 Å². The van der Waals surface area contributed by atoms with E-state index in [-0.39, 0.29) is 29.1 Å². The van der Waals surface area contributed by atoms with Crippen molar-refractivity contribution in [1.29, 1.82) is 0 Å². The van der Waals surface area contributed by atoms with Gasteiger partial charge >= 0.3 is 0 Å². The molecule has 0 aliphatic carbocycles. The molecule has 2 heterocycles. The third kappa shape index (κ3) is 4.56. The van der Waals surface area contributed by atoms with Gasteiger partial charge in [-0.25, -0.2) is 4.98 Å². The van der Waals surface area contributed by atoms with Crippen LogP contribution in [0.5, 0.6) is 0 Å². The van der Waals surface area contributed by atoms with Gasteiger partial charge in [-0.1, -0.05) is 11.8 Å². The Hall–Kier alpha value is -1.54. The highest BCUT2D eigenvalue weighted by molar-refractivity contribution is 7.99. The second kappa shape index (κ2) is 6.58. The molecule has 1 aliphatic rings. The Kier molecular flexibility index (Phi) is 4.80. The summed E-state index contributed by atoms with van der Waals surface area (Å²) in [5.41, 5.74) is 5.14. The van der Waals surface area contributed by atoms with Crippen LogP contribution in [0.15, 0.2) is 16.0 Å². The predicted octanol–water partition coefficient (Wildman–Crippen LogP) is -0.261. The Bertz CT molecular complexity index is 499. The molecule has 104 valence electrons. The van der Waals surface area contributed by atoms with Gasteiger partial charge in [0.05, 0.1) is 5.75 Å². The second-order valence-electron chi connectivity index (χ2n) is 4.22. The lowest BCUT2D eigenvalue weighted by Gasteiger charge is -2.22. The van der Waals surface area contributed by atoms with Crippen molar-refractivity contribution in [1.82, 2.24) is 15.3 Å². The molecule has 0 aromatic carbocycles. The number of ether oxygens (including phenoxy) is 1. The summed E-state index contributed by atoms with van der Waals surface area (Å²) in [5, 5.41) is 3.28. The third-order valence-corrected chi connectivity index (χ3v) is 3.54. The minimum Gasteiger partial charge on any atom is -0.383 e. The van der Waals surface area contributed by atoms with Crippen molar-refractivity contribution in [3.8, 4) is 0 Å². The van der Waals surface area contributed by atoms with Gasteiger partial charge in [0, 0.05) is 25.3 Å². The fraction of sp³-hybridized carbons (Fsp3) is 0.545. The largest absolute Gasteiger partial charge is 0.383 e. The van der Waals surface area contributed by atoms with Crippen molar-refractivity contribution in [2.45, 2.75) is 24.0 Å². The highest BCUT2D eigenvalue weighted by Gasteiger charge is 2.16. The first kappa shape index (κ1) is 13.9. The highest BCUT2D eigenvalue weighted by Crippen LogP contribution is 2.12. The molecular formula is C11H16N4O3S. The van der Waals surface area contributed by atoms with Crippen LogP contribution >= 0.6 is 11.8 Å². The lowest BCUT2D eigenvalue weighted by molar-refractivity contribution is -0.119. The van der Waals surface area contributed by atoms with E-state index in [1.165, 1.54) is 6.07 Å². The number of thioether (sulfide) groups is 1. The maximum atomic E-state index is 11.7. The number of aromatic nitrogens is 2. The van der Waals surface area contributed by atoms with Gasteiger partial charge in [-0.2, -0.15) is 0 Å². The van der Waals surface area contributed by atoms with Gasteiger partial charge in [-0.05, 0) is 12.8 Å². The number of nitrogens with zero attached hydrogens (tertiary/aromatic N) is 1. The van der Waals surface area contributed by atoms with Gasteiger partial charge in [0.2, 0.25) is 5.91 Å². The number of carbonyl (C=O) groups is 1.